The molecule has 1 heterocycles. The minimum absolute atomic E-state index is 0.771. The molecule has 0 radical (unpaired) electrons. The predicted octanol–water partition coefficient (Wildman–Crippen LogP) is 1.23. The van der Waals surface area contributed by atoms with Crippen molar-refractivity contribution in [3.63, 3.8) is 0 Å². The normalized spacial score (nSPS) is 31.3. The molecule has 1 rings (SSSR count). The topological polar surface area (TPSA) is 35.5 Å². The highest BCUT2D eigenvalue weighted by molar-refractivity contribution is 5.16. The summed E-state index contributed by atoms with van der Waals surface area (Å²) in [6, 6.07) is 0. The first-order valence-corrected chi connectivity index (χ1v) is 3.07. The van der Waals surface area contributed by atoms with E-state index >= 15 is 0 Å². The average molecular weight is 140 g/mol. The molecule has 0 spiro atoms. The van der Waals surface area contributed by atoms with Gasteiger partial charge in [0.2, 0.25) is 0 Å². The highest BCUT2D eigenvalue weighted by Gasteiger charge is 2.20. The van der Waals surface area contributed by atoms with E-state index < -0.39 is 5.72 Å². The summed E-state index contributed by atoms with van der Waals surface area (Å²) in [6.07, 6.45) is 6.61. The van der Waals surface area contributed by atoms with E-state index in [1.165, 1.54) is 13.3 Å². The van der Waals surface area contributed by atoms with Gasteiger partial charge < -0.3 is 15.0 Å². The zero-order valence-corrected chi connectivity index (χ0v) is 6.07. The first kappa shape index (κ1) is 7.31. The largest absolute Gasteiger partial charge is 0.756 e. The van der Waals surface area contributed by atoms with Gasteiger partial charge in [0.1, 0.15) is 5.72 Å². The van der Waals surface area contributed by atoms with Crippen LogP contribution in [0.4, 0.5) is 0 Å². The standard InChI is InChI=1S/C7H10NO2/c1-7(10-2)5-3-4-6-8(7)9/h3-6H,1-2H3/q-1. The Hall–Kier alpha value is -0.800. The van der Waals surface area contributed by atoms with Crippen LogP contribution in [-0.4, -0.2) is 17.9 Å². The average Bonchev–Trinajstić information content (AvgIpc) is 1.96. The number of rotatable bonds is 1. The van der Waals surface area contributed by atoms with E-state index in [2.05, 4.69) is 0 Å². The number of allylic oxidation sites excluding steroid dienone is 2. The Kier molecular flexibility index (Phi) is 1.78. The van der Waals surface area contributed by atoms with Gasteiger partial charge in [-0.2, -0.15) is 0 Å². The maximum atomic E-state index is 11.0. The van der Waals surface area contributed by atoms with Gasteiger partial charge in [-0.1, -0.05) is 6.08 Å². The Labute approximate surface area is 60.2 Å². The van der Waals surface area contributed by atoms with Crippen molar-refractivity contribution in [2.75, 3.05) is 7.11 Å². The first-order chi connectivity index (χ1) is 4.69. The minimum atomic E-state index is -0.811. The maximum absolute atomic E-state index is 11.0. The third-order valence-corrected chi connectivity index (χ3v) is 1.59. The Morgan fingerprint density at radius 1 is 1.50 bits per heavy atom. The summed E-state index contributed by atoms with van der Waals surface area (Å²) in [5.41, 5.74) is -0.811. The summed E-state index contributed by atoms with van der Waals surface area (Å²) < 4.78 is 4.97. The molecule has 3 nitrogen and oxygen atoms in total. The second-order valence-electron chi connectivity index (χ2n) is 2.29. The molecule has 10 heavy (non-hydrogen) atoms. The molecule has 1 atom stereocenters. The summed E-state index contributed by atoms with van der Waals surface area (Å²) in [7, 11) is 1.51. The van der Waals surface area contributed by atoms with Crippen molar-refractivity contribution in [2.45, 2.75) is 12.6 Å². The molecule has 1 aliphatic rings. The van der Waals surface area contributed by atoms with Crippen LogP contribution in [0.5, 0.6) is 0 Å². The third-order valence-electron chi connectivity index (χ3n) is 1.59. The van der Waals surface area contributed by atoms with Crippen molar-refractivity contribution in [1.82, 2.24) is 5.06 Å². The highest BCUT2D eigenvalue weighted by atomic mass is 16.6. The molecule has 0 aromatic rings. The van der Waals surface area contributed by atoms with Crippen LogP contribution in [0.3, 0.4) is 0 Å². The Balaban J connectivity index is 2.77. The van der Waals surface area contributed by atoms with Crippen LogP contribution >= 0.6 is 0 Å². The second-order valence-corrected chi connectivity index (χ2v) is 2.29. The lowest BCUT2D eigenvalue weighted by Crippen LogP contribution is -2.40. The molecule has 0 fully saturated rings. The third kappa shape index (κ3) is 1.05. The predicted molar refractivity (Wildman–Crippen MR) is 38.9 cm³/mol. The number of hydroxylamine groups is 2. The quantitative estimate of drug-likeness (QED) is 0.549. The lowest BCUT2D eigenvalue weighted by atomic mass is 10.2. The molecule has 56 valence electrons. The fourth-order valence-electron chi connectivity index (χ4n) is 0.741. The Bertz CT molecular complexity index is 176. The fraction of sp³-hybridized carbons (Fsp3) is 0.429. The molecule has 0 bridgehead atoms. The molecule has 0 saturated heterocycles. The van der Waals surface area contributed by atoms with Gasteiger partial charge in [0.25, 0.3) is 0 Å². The zero-order chi connectivity index (χ0) is 7.61. The molecular formula is C7H10NO2-. The van der Waals surface area contributed by atoms with E-state index in [9.17, 15) is 5.21 Å². The van der Waals surface area contributed by atoms with Gasteiger partial charge in [-0.25, -0.2) is 0 Å². The van der Waals surface area contributed by atoms with E-state index in [0.717, 1.165) is 5.06 Å². The lowest BCUT2D eigenvalue weighted by Gasteiger charge is -2.43. The number of ether oxygens (including phenoxy) is 1. The molecule has 3 heteroatoms. The minimum Gasteiger partial charge on any atom is -0.756 e. The van der Waals surface area contributed by atoms with Crippen LogP contribution in [0.2, 0.25) is 0 Å². The maximum Gasteiger partial charge on any atom is 0.147 e. The molecule has 1 aliphatic heterocycles. The molecule has 0 amide bonds. The van der Waals surface area contributed by atoms with Gasteiger partial charge in [-0.3, -0.25) is 0 Å². The number of hydrogen-bond donors (Lipinski definition) is 0. The Morgan fingerprint density at radius 2 is 2.20 bits per heavy atom. The SMILES string of the molecule is COC1(C)C=CC=CN1[O-]. The lowest BCUT2D eigenvalue weighted by molar-refractivity contribution is -0.0390. The van der Waals surface area contributed by atoms with Gasteiger partial charge in [0.15, 0.2) is 0 Å². The monoisotopic (exact) mass is 140 g/mol. The van der Waals surface area contributed by atoms with Gasteiger partial charge in [-0.05, 0) is 25.3 Å². The summed E-state index contributed by atoms with van der Waals surface area (Å²) in [4.78, 5) is 0. The van der Waals surface area contributed by atoms with E-state index in [0.29, 0.717) is 0 Å². The smallest absolute Gasteiger partial charge is 0.147 e. The number of nitrogens with zero attached hydrogens (tertiary/aromatic N) is 1. The van der Waals surface area contributed by atoms with Crippen molar-refractivity contribution >= 4 is 0 Å². The van der Waals surface area contributed by atoms with Crippen LogP contribution in [0.25, 0.3) is 0 Å². The van der Waals surface area contributed by atoms with Gasteiger partial charge in [0, 0.05) is 7.11 Å². The van der Waals surface area contributed by atoms with Crippen molar-refractivity contribution in [3.05, 3.63) is 29.6 Å². The highest BCUT2D eigenvalue weighted by Crippen LogP contribution is 2.19. The summed E-state index contributed by atoms with van der Waals surface area (Å²) >= 11 is 0. The zero-order valence-electron chi connectivity index (χ0n) is 6.07. The summed E-state index contributed by atoms with van der Waals surface area (Å²) in [6.45, 7) is 1.71. The fourth-order valence-corrected chi connectivity index (χ4v) is 0.741. The van der Waals surface area contributed by atoms with Crippen molar-refractivity contribution in [1.29, 1.82) is 0 Å². The van der Waals surface area contributed by atoms with Crippen LogP contribution in [-0.2, 0) is 4.74 Å². The van der Waals surface area contributed by atoms with Crippen LogP contribution in [0, 0.1) is 5.21 Å². The molecule has 0 N–H and O–H groups in total. The number of hydrogen-bond acceptors (Lipinski definition) is 3. The van der Waals surface area contributed by atoms with E-state index in [4.69, 9.17) is 4.74 Å². The molecule has 0 aromatic heterocycles. The van der Waals surface area contributed by atoms with Crippen molar-refractivity contribution in [2.24, 2.45) is 0 Å². The molecular weight excluding hydrogens is 130 g/mol. The number of methoxy groups -OCH3 is 1. The summed E-state index contributed by atoms with van der Waals surface area (Å²) in [5, 5.41) is 11.8. The van der Waals surface area contributed by atoms with Crippen molar-refractivity contribution < 1.29 is 4.74 Å². The second kappa shape index (κ2) is 2.44. The van der Waals surface area contributed by atoms with Gasteiger partial charge in [0.05, 0.1) is 0 Å². The van der Waals surface area contributed by atoms with Crippen molar-refractivity contribution in [3.8, 4) is 0 Å². The van der Waals surface area contributed by atoms with E-state index in [1.54, 1.807) is 25.2 Å². The summed E-state index contributed by atoms with van der Waals surface area (Å²) in [5.74, 6) is 0. The van der Waals surface area contributed by atoms with Crippen LogP contribution in [0.15, 0.2) is 24.4 Å². The molecule has 1 unspecified atom stereocenters. The molecule has 0 aliphatic carbocycles. The van der Waals surface area contributed by atoms with Gasteiger partial charge >= 0.3 is 0 Å². The van der Waals surface area contributed by atoms with Gasteiger partial charge in [-0.15, -0.1) is 0 Å². The molecule has 0 saturated carbocycles. The Morgan fingerprint density at radius 3 is 2.60 bits per heavy atom. The molecule has 0 aromatic carbocycles. The van der Waals surface area contributed by atoms with E-state index in [1.807, 2.05) is 0 Å². The first-order valence-electron chi connectivity index (χ1n) is 3.07. The van der Waals surface area contributed by atoms with E-state index in [-0.39, 0.29) is 0 Å². The van der Waals surface area contributed by atoms with Crippen LogP contribution in [0.1, 0.15) is 6.92 Å². The van der Waals surface area contributed by atoms with Crippen LogP contribution < -0.4 is 0 Å².